The van der Waals surface area contributed by atoms with Crippen LogP contribution in [0, 0.1) is 6.92 Å². The fourth-order valence-corrected chi connectivity index (χ4v) is 3.11. The van der Waals surface area contributed by atoms with Crippen LogP contribution in [0.2, 0.25) is 0 Å². The monoisotopic (exact) mass is 395 g/mol. The van der Waals surface area contributed by atoms with E-state index < -0.39 is 0 Å². The van der Waals surface area contributed by atoms with E-state index in [4.69, 9.17) is 5.73 Å². The number of carbonyl (C=O) groups is 1. The molecule has 2 aromatic carbocycles. The molecule has 2 aromatic rings. The number of nitrogens with zero attached hydrogens (tertiary/aromatic N) is 2. The Hall–Kier alpha value is -1.75. The van der Waals surface area contributed by atoms with Gasteiger partial charge < -0.3 is 10.6 Å². The van der Waals surface area contributed by atoms with Gasteiger partial charge in [-0.25, -0.2) is 0 Å². The molecular weight excluding hydrogens is 369 g/mol. The second-order valence-electron chi connectivity index (χ2n) is 6.50. The SMILES string of the molecule is Cc1ccccc1CN1CCN(C(=O)Cc2ccc(N)cc2)CC1.Cl.Cl. The smallest absolute Gasteiger partial charge is 0.227 e. The molecule has 0 unspecified atom stereocenters. The summed E-state index contributed by atoms with van der Waals surface area (Å²) in [5.41, 5.74) is 10.2. The lowest BCUT2D eigenvalue weighted by Crippen LogP contribution is -2.48. The van der Waals surface area contributed by atoms with Crippen LogP contribution in [0.3, 0.4) is 0 Å². The highest BCUT2D eigenvalue weighted by atomic mass is 35.5. The maximum absolute atomic E-state index is 12.4. The van der Waals surface area contributed by atoms with Gasteiger partial charge in [0, 0.05) is 38.4 Å². The van der Waals surface area contributed by atoms with Crippen molar-refractivity contribution in [3.05, 3.63) is 65.2 Å². The van der Waals surface area contributed by atoms with E-state index in [2.05, 4.69) is 36.1 Å². The summed E-state index contributed by atoms with van der Waals surface area (Å²) in [6, 6.07) is 16.1. The predicted octanol–water partition coefficient (Wildman–Crippen LogP) is 3.31. The molecule has 0 spiro atoms. The van der Waals surface area contributed by atoms with Crippen LogP contribution in [0.1, 0.15) is 16.7 Å². The minimum absolute atomic E-state index is 0. The third-order valence-electron chi connectivity index (χ3n) is 4.72. The van der Waals surface area contributed by atoms with Gasteiger partial charge in [0.2, 0.25) is 5.91 Å². The number of piperazine rings is 1. The minimum atomic E-state index is 0. The molecule has 1 saturated heterocycles. The van der Waals surface area contributed by atoms with Crippen molar-refractivity contribution in [1.82, 2.24) is 9.80 Å². The average Bonchev–Trinajstić information content (AvgIpc) is 2.59. The zero-order valence-corrected chi connectivity index (χ0v) is 16.7. The maximum Gasteiger partial charge on any atom is 0.227 e. The number of nitrogen functional groups attached to an aromatic ring is 1. The van der Waals surface area contributed by atoms with E-state index in [-0.39, 0.29) is 30.7 Å². The molecule has 6 heteroatoms. The van der Waals surface area contributed by atoms with Crippen LogP contribution in [0.4, 0.5) is 5.69 Å². The van der Waals surface area contributed by atoms with E-state index in [1.54, 1.807) is 0 Å². The van der Waals surface area contributed by atoms with Gasteiger partial charge in [-0.2, -0.15) is 0 Å². The molecule has 2 N–H and O–H groups in total. The number of hydrogen-bond donors (Lipinski definition) is 1. The molecule has 26 heavy (non-hydrogen) atoms. The van der Waals surface area contributed by atoms with Crippen molar-refractivity contribution in [1.29, 1.82) is 0 Å². The van der Waals surface area contributed by atoms with E-state index in [1.165, 1.54) is 11.1 Å². The molecule has 1 fully saturated rings. The number of benzene rings is 2. The third kappa shape index (κ3) is 5.90. The summed E-state index contributed by atoms with van der Waals surface area (Å²) < 4.78 is 0. The van der Waals surface area contributed by atoms with Crippen LogP contribution in [-0.4, -0.2) is 41.9 Å². The summed E-state index contributed by atoms with van der Waals surface area (Å²) in [7, 11) is 0. The molecule has 0 atom stereocenters. The molecule has 1 heterocycles. The lowest BCUT2D eigenvalue weighted by atomic mass is 10.1. The van der Waals surface area contributed by atoms with Crippen molar-refractivity contribution in [3.63, 3.8) is 0 Å². The van der Waals surface area contributed by atoms with Crippen molar-refractivity contribution in [2.75, 3.05) is 31.9 Å². The van der Waals surface area contributed by atoms with Crippen molar-refractivity contribution >= 4 is 36.4 Å². The first-order chi connectivity index (χ1) is 11.6. The highest BCUT2D eigenvalue weighted by Gasteiger charge is 2.21. The zero-order valence-electron chi connectivity index (χ0n) is 15.1. The van der Waals surface area contributed by atoms with E-state index in [0.717, 1.165) is 44.0 Å². The van der Waals surface area contributed by atoms with Gasteiger partial charge in [-0.1, -0.05) is 36.4 Å². The Kier molecular flexibility index (Phi) is 8.93. The molecule has 0 aromatic heterocycles. The van der Waals surface area contributed by atoms with E-state index in [0.29, 0.717) is 6.42 Å². The Labute approximate surface area is 168 Å². The molecule has 1 aliphatic heterocycles. The fourth-order valence-electron chi connectivity index (χ4n) is 3.11. The molecule has 1 amide bonds. The Morgan fingerprint density at radius 1 is 0.962 bits per heavy atom. The Morgan fingerprint density at radius 2 is 1.58 bits per heavy atom. The molecule has 142 valence electrons. The summed E-state index contributed by atoms with van der Waals surface area (Å²) >= 11 is 0. The number of nitrogens with two attached hydrogens (primary N) is 1. The van der Waals surface area contributed by atoms with Crippen LogP contribution in [0.15, 0.2) is 48.5 Å². The van der Waals surface area contributed by atoms with Crippen molar-refractivity contribution in [2.45, 2.75) is 19.9 Å². The van der Waals surface area contributed by atoms with Crippen LogP contribution >= 0.6 is 24.8 Å². The predicted molar refractivity (Wildman–Crippen MR) is 112 cm³/mol. The maximum atomic E-state index is 12.4. The van der Waals surface area contributed by atoms with Gasteiger partial charge in [0.25, 0.3) is 0 Å². The summed E-state index contributed by atoms with van der Waals surface area (Å²) in [6.07, 6.45) is 0.456. The van der Waals surface area contributed by atoms with Crippen LogP contribution in [0.5, 0.6) is 0 Å². The molecule has 0 bridgehead atoms. The number of amides is 1. The normalized spacial score (nSPS) is 14.3. The van der Waals surface area contributed by atoms with E-state index in [9.17, 15) is 4.79 Å². The molecule has 0 radical (unpaired) electrons. The van der Waals surface area contributed by atoms with Crippen LogP contribution in [0.25, 0.3) is 0 Å². The van der Waals surface area contributed by atoms with Crippen molar-refractivity contribution in [2.24, 2.45) is 0 Å². The standard InChI is InChI=1S/C20H25N3O.2ClH/c1-16-4-2-3-5-18(16)15-22-10-12-23(13-11-22)20(24)14-17-6-8-19(21)9-7-17;;/h2-9H,10-15,21H2,1H3;2*1H. The van der Waals surface area contributed by atoms with E-state index >= 15 is 0 Å². The second kappa shape index (κ2) is 10.4. The molecule has 1 aliphatic rings. The zero-order chi connectivity index (χ0) is 16.9. The first-order valence-electron chi connectivity index (χ1n) is 8.51. The van der Waals surface area contributed by atoms with Gasteiger partial charge in [-0.05, 0) is 35.7 Å². The molecule has 3 rings (SSSR count). The van der Waals surface area contributed by atoms with Crippen molar-refractivity contribution in [3.8, 4) is 0 Å². The quantitative estimate of drug-likeness (QED) is 0.807. The second-order valence-corrected chi connectivity index (χ2v) is 6.50. The topological polar surface area (TPSA) is 49.6 Å². The van der Waals surface area contributed by atoms with E-state index in [1.807, 2.05) is 29.2 Å². The summed E-state index contributed by atoms with van der Waals surface area (Å²) in [5, 5.41) is 0. The largest absolute Gasteiger partial charge is 0.399 e. The Bertz CT molecular complexity index is 698. The van der Waals surface area contributed by atoms with Gasteiger partial charge in [0.15, 0.2) is 0 Å². The molecule has 0 aliphatic carbocycles. The van der Waals surface area contributed by atoms with Crippen LogP contribution in [-0.2, 0) is 17.8 Å². The number of halogens is 2. The number of rotatable bonds is 4. The van der Waals surface area contributed by atoms with Crippen LogP contribution < -0.4 is 5.73 Å². The van der Waals surface area contributed by atoms with Gasteiger partial charge in [-0.15, -0.1) is 24.8 Å². The molecule has 4 nitrogen and oxygen atoms in total. The first-order valence-corrected chi connectivity index (χ1v) is 8.51. The number of aryl methyl sites for hydroxylation is 1. The number of anilines is 1. The molecule has 0 saturated carbocycles. The lowest BCUT2D eigenvalue weighted by molar-refractivity contribution is -0.132. The Morgan fingerprint density at radius 3 is 2.19 bits per heavy atom. The van der Waals surface area contributed by atoms with Gasteiger partial charge in [-0.3, -0.25) is 9.69 Å². The lowest BCUT2D eigenvalue weighted by Gasteiger charge is -2.35. The fraction of sp³-hybridized carbons (Fsp3) is 0.350. The van der Waals surface area contributed by atoms with Gasteiger partial charge >= 0.3 is 0 Å². The minimum Gasteiger partial charge on any atom is -0.399 e. The highest BCUT2D eigenvalue weighted by molar-refractivity contribution is 5.85. The Balaban J connectivity index is 0.00000169. The first kappa shape index (κ1) is 22.3. The van der Waals surface area contributed by atoms with Crippen molar-refractivity contribution < 1.29 is 4.79 Å². The summed E-state index contributed by atoms with van der Waals surface area (Å²) in [6.45, 7) is 6.59. The number of carbonyl (C=O) groups excluding carboxylic acids is 1. The number of hydrogen-bond acceptors (Lipinski definition) is 3. The highest BCUT2D eigenvalue weighted by Crippen LogP contribution is 2.14. The van der Waals surface area contributed by atoms with Gasteiger partial charge in [0.1, 0.15) is 0 Å². The third-order valence-corrected chi connectivity index (χ3v) is 4.72. The summed E-state index contributed by atoms with van der Waals surface area (Å²) in [5.74, 6) is 0.204. The van der Waals surface area contributed by atoms with Gasteiger partial charge in [0.05, 0.1) is 6.42 Å². The molecular formula is C20H27Cl2N3O. The summed E-state index contributed by atoms with van der Waals surface area (Å²) in [4.78, 5) is 16.9. The average molecular weight is 396 g/mol.